The van der Waals surface area contributed by atoms with Gasteiger partial charge in [0.25, 0.3) is 0 Å². The molecule has 0 unspecified atom stereocenters. The summed E-state index contributed by atoms with van der Waals surface area (Å²) in [5.74, 6) is 0. The normalized spacial score (nSPS) is 10.8. The molecule has 1 aromatic heterocycles. The van der Waals surface area contributed by atoms with Crippen molar-refractivity contribution in [1.82, 2.24) is 14.9 Å². The molecule has 62 valence electrons. The van der Waals surface area contributed by atoms with Gasteiger partial charge < -0.3 is 9.88 Å². The zero-order chi connectivity index (χ0) is 8.39. The summed E-state index contributed by atoms with van der Waals surface area (Å²) >= 11 is 0. The van der Waals surface area contributed by atoms with Gasteiger partial charge in [0.05, 0.1) is 24.0 Å². The molecule has 1 heterocycles. The highest BCUT2D eigenvalue weighted by atomic mass is 15.1. The van der Waals surface area contributed by atoms with Crippen LogP contribution in [0.1, 0.15) is 0 Å². The molecule has 0 aliphatic heterocycles. The van der Waals surface area contributed by atoms with Crippen molar-refractivity contribution in [2.24, 2.45) is 0 Å². The molecule has 0 saturated heterocycles. The number of imidazole rings is 1. The van der Waals surface area contributed by atoms with Gasteiger partial charge in [0.15, 0.2) is 0 Å². The third-order valence-corrected chi connectivity index (χ3v) is 1.86. The van der Waals surface area contributed by atoms with Crippen LogP contribution in [0, 0.1) is 0 Å². The van der Waals surface area contributed by atoms with E-state index < -0.39 is 0 Å². The lowest BCUT2D eigenvalue weighted by atomic mass is 10.3. The monoisotopic (exact) mass is 161 g/mol. The Balaban J connectivity index is 2.55. The van der Waals surface area contributed by atoms with Crippen molar-refractivity contribution < 1.29 is 0 Å². The van der Waals surface area contributed by atoms with Crippen molar-refractivity contribution in [3.05, 3.63) is 30.6 Å². The fourth-order valence-electron chi connectivity index (χ4n) is 1.31. The average Bonchev–Trinajstić information content (AvgIpc) is 2.50. The van der Waals surface area contributed by atoms with Crippen LogP contribution in [0.5, 0.6) is 0 Å². The predicted octanol–water partition coefficient (Wildman–Crippen LogP) is 1.21. The van der Waals surface area contributed by atoms with Crippen LogP contribution < -0.4 is 5.32 Å². The Bertz CT molecular complexity index is 378. The van der Waals surface area contributed by atoms with Gasteiger partial charge in [-0.05, 0) is 19.2 Å². The van der Waals surface area contributed by atoms with Crippen LogP contribution in [0.25, 0.3) is 11.0 Å². The quantitative estimate of drug-likeness (QED) is 0.717. The maximum Gasteiger partial charge on any atom is 0.0969 e. The third kappa shape index (κ3) is 1.08. The second kappa shape index (κ2) is 2.95. The van der Waals surface area contributed by atoms with Crippen molar-refractivity contribution >= 4 is 11.0 Å². The van der Waals surface area contributed by atoms with Crippen molar-refractivity contribution in [3.8, 4) is 0 Å². The fourth-order valence-corrected chi connectivity index (χ4v) is 1.31. The molecule has 3 nitrogen and oxygen atoms in total. The van der Waals surface area contributed by atoms with Crippen LogP contribution in [0.3, 0.4) is 0 Å². The smallest absolute Gasteiger partial charge is 0.0969 e. The van der Waals surface area contributed by atoms with Gasteiger partial charge in [0, 0.05) is 0 Å². The maximum atomic E-state index is 4.26. The van der Waals surface area contributed by atoms with Gasteiger partial charge in [-0.15, -0.1) is 0 Å². The number of rotatable bonds is 2. The second-order valence-electron chi connectivity index (χ2n) is 2.71. The zero-order valence-electron chi connectivity index (χ0n) is 6.99. The maximum absolute atomic E-state index is 4.26. The summed E-state index contributed by atoms with van der Waals surface area (Å²) in [7, 11) is 1.93. The van der Waals surface area contributed by atoms with Crippen molar-refractivity contribution in [2.75, 3.05) is 7.05 Å². The first-order chi connectivity index (χ1) is 5.92. The topological polar surface area (TPSA) is 29.9 Å². The lowest BCUT2D eigenvalue weighted by Crippen LogP contribution is -2.11. The SMILES string of the molecule is CNCn1cnc2ccccc21. The number of hydrogen-bond acceptors (Lipinski definition) is 2. The Labute approximate surface area is 71.0 Å². The van der Waals surface area contributed by atoms with Crippen LogP contribution in [0.15, 0.2) is 30.6 Å². The molecule has 1 N–H and O–H groups in total. The van der Waals surface area contributed by atoms with E-state index in [1.807, 2.05) is 31.6 Å². The van der Waals surface area contributed by atoms with Gasteiger partial charge in [0.2, 0.25) is 0 Å². The minimum Gasteiger partial charge on any atom is -0.317 e. The Morgan fingerprint density at radius 1 is 1.42 bits per heavy atom. The van der Waals surface area contributed by atoms with Crippen LogP contribution in [0.2, 0.25) is 0 Å². The molecular weight excluding hydrogens is 150 g/mol. The summed E-state index contributed by atoms with van der Waals surface area (Å²) in [5, 5.41) is 3.09. The summed E-state index contributed by atoms with van der Waals surface area (Å²) in [5.41, 5.74) is 2.22. The van der Waals surface area contributed by atoms with Gasteiger partial charge in [-0.1, -0.05) is 12.1 Å². The Kier molecular flexibility index (Phi) is 1.80. The molecule has 3 heteroatoms. The lowest BCUT2D eigenvalue weighted by Gasteiger charge is -2.00. The molecular formula is C9H11N3. The zero-order valence-corrected chi connectivity index (χ0v) is 6.99. The van der Waals surface area contributed by atoms with E-state index in [0.717, 1.165) is 12.2 Å². The van der Waals surface area contributed by atoms with Crippen LogP contribution >= 0.6 is 0 Å². The van der Waals surface area contributed by atoms with Crippen molar-refractivity contribution in [3.63, 3.8) is 0 Å². The molecule has 0 bridgehead atoms. The molecule has 0 saturated carbocycles. The van der Waals surface area contributed by atoms with E-state index in [9.17, 15) is 0 Å². The summed E-state index contributed by atoms with van der Waals surface area (Å²) in [6.45, 7) is 0.806. The molecule has 0 fully saturated rings. The molecule has 2 rings (SSSR count). The second-order valence-corrected chi connectivity index (χ2v) is 2.71. The van der Waals surface area contributed by atoms with Crippen LogP contribution in [-0.4, -0.2) is 16.6 Å². The van der Waals surface area contributed by atoms with E-state index in [2.05, 4.69) is 20.9 Å². The third-order valence-electron chi connectivity index (χ3n) is 1.86. The Morgan fingerprint density at radius 2 is 2.25 bits per heavy atom. The minimum atomic E-state index is 0.806. The molecule has 0 amide bonds. The van der Waals surface area contributed by atoms with Crippen LogP contribution in [0.4, 0.5) is 0 Å². The molecule has 2 aromatic rings. The number of fused-ring (bicyclic) bond motifs is 1. The predicted molar refractivity (Wildman–Crippen MR) is 48.8 cm³/mol. The van der Waals surface area contributed by atoms with Crippen molar-refractivity contribution in [2.45, 2.75) is 6.67 Å². The largest absolute Gasteiger partial charge is 0.317 e. The number of aromatic nitrogens is 2. The molecule has 1 aromatic carbocycles. The van der Waals surface area contributed by atoms with Crippen LogP contribution in [-0.2, 0) is 6.67 Å². The molecule has 0 aliphatic carbocycles. The van der Waals surface area contributed by atoms with E-state index in [4.69, 9.17) is 0 Å². The lowest BCUT2D eigenvalue weighted by molar-refractivity contribution is 0.633. The first-order valence-electron chi connectivity index (χ1n) is 3.96. The van der Waals surface area contributed by atoms with E-state index in [1.54, 1.807) is 0 Å². The van der Waals surface area contributed by atoms with Gasteiger partial charge in [-0.25, -0.2) is 4.98 Å². The Morgan fingerprint density at radius 3 is 3.08 bits per heavy atom. The minimum absolute atomic E-state index is 0.806. The standard InChI is InChI=1S/C9H11N3/c1-10-6-12-7-11-8-4-2-3-5-9(8)12/h2-5,7,10H,6H2,1H3. The molecule has 12 heavy (non-hydrogen) atoms. The van der Waals surface area contributed by atoms with Gasteiger partial charge in [-0.3, -0.25) is 0 Å². The van der Waals surface area contributed by atoms with Gasteiger partial charge >= 0.3 is 0 Å². The van der Waals surface area contributed by atoms with E-state index in [0.29, 0.717) is 0 Å². The number of nitrogens with zero attached hydrogens (tertiary/aromatic N) is 2. The first kappa shape index (κ1) is 7.31. The van der Waals surface area contributed by atoms with Gasteiger partial charge in [0.1, 0.15) is 0 Å². The number of hydrogen-bond donors (Lipinski definition) is 1. The highest BCUT2D eigenvalue weighted by Gasteiger charge is 1.97. The van der Waals surface area contributed by atoms with E-state index in [1.165, 1.54) is 5.52 Å². The summed E-state index contributed by atoms with van der Waals surface area (Å²) < 4.78 is 2.08. The van der Waals surface area contributed by atoms with Gasteiger partial charge in [-0.2, -0.15) is 0 Å². The highest BCUT2D eigenvalue weighted by Crippen LogP contribution is 2.10. The number of benzene rings is 1. The molecule has 0 spiro atoms. The van der Waals surface area contributed by atoms with E-state index >= 15 is 0 Å². The summed E-state index contributed by atoms with van der Waals surface area (Å²) in [4.78, 5) is 4.26. The molecule has 0 radical (unpaired) electrons. The van der Waals surface area contributed by atoms with E-state index in [-0.39, 0.29) is 0 Å². The number of nitrogens with one attached hydrogen (secondary N) is 1. The first-order valence-corrected chi connectivity index (χ1v) is 3.96. The average molecular weight is 161 g/mol. The summed E-state index contributed by atoms with van der Waals surface area (Å²) in [6, 6.07) is 8.11. The molecule has 0 atom stereocenters. The number of para-hydroxylation sites is 2. The fraction of sp³-hybridized carbons (Fsp3) is 0.222. The summed E-state index contributed by atoms with van der Waals surface area (Å²) in [6.07, 6.45) is 1.85. The van der Waals surface area contributed by atoms with Crippen molar-refractivity contribution in [1.29, 1.82) is 0 Å². The Hall–Kier alpha value is -1.35. The molecule has 0 aliphatic rings. The highest BCUT2D eigenvalue weighted by molar-refractivity contribution is 5.74.